The standard InChI is InChI=1S/C22H17F3N2O2S/c1-30(28,29)27-18-12-15(14-4-2-5-17(11-14)22(23,24)25)10-16(13-18)19-6-3-7-21-20(19)8-9-26-21/h2-13,26-27H,1H3. The van der Waals surface area contributed by atoms with Gasteiger partial charge in [0, 0.05) is 22.8 Å². The van der Waals surface area contributed by atoms with Crippen molar-refractivity contribution in [2.24, 2.45) is 0 Å². The second-order valence-corrected chi connectivity index (χ2v) is 8.74. The SMILES string of the molecule is CS(=O)(=O)Nc1cc(-c2cccc(C(F)(F)F)c2)cc(-c2cccc3[nH]ccc23)c1. The van der Waals surface area contributed by atoms with Crippen LogP contribution in [0, 0.1) is 0 Å². The molecule has 3 aromatic carbocycles. The summed E-state index contributed by atoms with van der Waals surface area (Å²) in [5, 5.41) is 0.920. The Kier molecular flexibility index (Phi) is 4.82. The quantitative estimate of drug-likeness (QED) is 0.424. The molecule has 0 atom stereocenters. The van der Waals surface area contributed by atoms with Crippen LogP contribution in [0.5, 0.6) is 0 Å². The predicted molar refractivity (Wildman–Crippen MR) is 113 cm³/mol. The topological polar surface area (TPSA) is 62.0 Å². The lowest BCUT2D eigenvalue weighted by Gasteiger charge is -2.14. The third-order valence-corrected chi connectivity index (χ3v) is 5.27. The minimum absolute atomic E-state index is 0.273. The molecule has 8 heteroatoms. The average Bonchev–Trinajstić information content (AvgIpc) is 3.14. The van der Waals surface area contributed by atoms with E-state index in [4.69, 9.17) is 0 Å². The van der Waals surface area contributed by atoms with Crippen LogP contribution >= 0.6 is 0 Å². The molecule has 154 valence electrons. The summed E-state index contributed by atoms with van der Waals surface area (Å²) >= 11 is 0. The number of rotatable bonds is 4. The molecule has 1 aromatic heterocycles. The highest BCUT2D eigenvalue weighted by Gasteiger charge is 2.30. The van der Waals surface area contributed by atoms with Crippen molar-refractivity contribution in [3.63, 3.8) is 0 Å². The molecule has 4 nitrogen and oxygen atoms in total. The van der Waals surface area contributed by atoms with Gasteiger partial charge in [0.1, 0.15) is 0 Å². The molecule has 0 aliphatic heterocycles. The zero-order valence-corrected chi connectivity index (χ0v) is 16.6. The number of sulfonamides is 1. The van der Waals surface area contributed by atoms with Crippen LogP contribution in [0.3, 0.4) is 0 Å². The van der Waals surface area contributed by atoms with E-state index >= 15 is 0 Å². The van der Waals surface area contributed by atoms with Gasteiger partial charge in [-0.2, -0.15) is 13.2 Å². The van der Waals surface area contributed by atoms with Crippen LogP contribution in [0.4, 0.5) is 18.9 Å². The zero-order valence-electron chi connectivity index (χ0n) is 15.8. The fraction of sp³-hybridized carbons (Fsp3) is 0.0909. The first-order chi connectivity index (χ1) is 14.1. The third kappa shape index (κ3) is 4.18. The molecule has 0 spiro atoms. The van der Waals surface area contributed by atoms with Crippen LogP contribution in [0.15, 0.2) is 72.9 Å². The normalized spacial score (nSPS) is 12.3. The molecule has 0 fully saturated rings. The van der Waals surface area contributed by atoms with Crippen LogP contribution in [0.1, 0.15) is 5.56 Å². The van der Waals surface area contributed by atoms with Gasteiger partial charge < -0.3 is 4.98 Å². The van der Waals surface area contributed by atoms with E-state index in [1.807, 2.05) is 24.3 Å². The van der Waals surface area contributed by atoms with Crippen molar-refractivity contribution in [1.82, 2.24) is 4.98 Å². The van der Waals surface area contributed by atoms with Crippen molar-refractivity contribution in [2.45, 2.75) is 6.18 Å². The Balaban J connectivity index is 1.92. The molecule has 30 heavy (non-hydrogen) atoms. The number of hydrogen-bond donors (Lipinski definition) is 2. The van der Waals surface area contributed by atoms with Crippen molar-refractivity contribution < 1.29 is 21.6 Å². The van der Waals surface area contributed by atoms with Crippen LogP contribution in [0.25, 0.3) is 33.2 Å². The second kappa shape index (κ2) is 7.21. The number of nitrogens with one attached hydrogen (secondary N) is 2. The maximum atomic E-state index is 13.2. The lowest BCUT2D eigenvalue weighted by Crippen LogP contribution is -2.09. The molecule has 0 aliphatic rings. The monoisotopic (exact) mass is 430 g/mol. The van der Waals surface area contributed by atoms with Crippen molar-refractivity contribution in [2.75, 3.05) is 11.0 Å². The highest BCUT2D eigenvalue weighted by molar-refractivity contribution is 7.92. The highest BCUT2D eigenvalue weighted by atomic mass is 32.2. The lowest BCUT2D eigenvalue weighted by atomic mass is 9.95. The van der Waals surface area contributed by atoms with Crippen molar-refractivity contribution in [3.05, 3.63) is 78.5 Å². The van der Waals surface area contributed by atoms with Gasteiger partial charge >= 0.3 is 6.18 Å². The minimum Gasteiger partial charge on any atom is -0.361 e. The molecule has 2 N–H and O–H groups in total. The van der Waals surface area contributed by atoms with Gasteiger partial charge in [-0.25, -0.2) is 8.42 Å². The molecule has 0 amide bonds. The van der Waals surface area contributed by atoms with E-state index in [1.54, 1.807) is 24.4 Å². The fourth-order valence-corrected chi connectivity index (χ4v) is 3.98. The predicted octanol–water partition coefficient (Wildman–Crippen LogP) is 5.89. The summed E-state index contributed by atoms with van der Waals surface area (Å²) in [7, 11) is -3.57. The van der Waals surface area contributed by atoms with Gasteiger partial charge in [-0.05, 0) is 64.7 Å². The number of H-pyrrole nitrogens is 1. The van der Waals surface area contributed by atoms with E-state index in [2.05, 4.69) is 9.71 Å². The first kappa shape index (κ1) is 20.0. The smallest absolute Gasteiger partial charge is 0.361 e. The van der Waals surface area contributed by atoms with Gasteiger partial charge in [0.2, 0.25) is 10.0 Å². The molecular formula is C22H17F3N2O2S. The summed E-state index contributed by atoms with van der Waals surface area (Å²) in [5.74, 6) is 0. The van der Waals surface area contributed by atoms with Crippen LogP contribution in [-0.2, 0) is 16.2 Å². The van der Waals surface area contributed by atoms with Gasteiger partial charge in [-0.3, -0.25) is 4.72 Å². The molecule has 4 rings (SSSR count). The Bertz CT molecular complexity index is 1340. The van der Waals surface area contributed by atoms with Crippen molar-refractivity contribution >= 4 is 26.6 Å². The Labute approximate surface area is 171 Å². The first-order valence-electron chi connectivity index (χ1n) is 8.97. The number of benzene rings is 3. The summed E-state index contributed by atoms with van der Waals surface area (Å²) in [6, 6.07) is 17.4. The van der Waals surface area contributed by atoms with Crippen LogP contribution in [-0.4, -0.2) is 19.7 Å². The van der Waals surface area contributed by atoms with E-state index in [1.165, 1.54) is 12.1 Å². The van der Waals surface area contributed by atoms with Gasteiger partial charge in [0.15, 0.2) is 0 Å². The second-order valence-electron chi connectivity index (χ2n) is 7.00. The Morgan fingerprint density at radius 3 is 2.33 bits per heavy atom. The van der Waals surface area contributed by atoms with Crippen molar-refractivity contribution in [1.29, 1.82) is 0 Å². The Morgan fingerprint density at radius 2 is 1.60 bits per heavy atom. The largest absolute Gasteiger partial charge is 0.416 e. The first-order valence-corrected chi connectivity index (χ1v) is 10.9. The molecule has 0 radical (unpaired) electrons. The number of halogens is 3. The van der Waals surface area contributed by atoms with E-state index in [-0.39, 0.29) is 5.69 Å². The van der Waals surface area contributed by atoms with Gasteiger partial charge in [0.25, 0.3) is 0 Å². The van der Waals surface area contributed by atoms with Gasteiger partial charge in [-0.1, -0.05) is 24.3 Å². The molecular weight excluding hydrogens is 413 g/mol. The minimum atomic E-state index is -4.47. The van der Waals surface area contributed by atoms with E-state index in [9.17, 15) is 21.6 Å². The number of hydrogen-bond acceptors (Lipinski definition) is 2. The van der Waals surface area contributed by atoms with E-state index in [0.29, 0.717) is 16.7 Å². The molecule has 4 aromatic rings. The summed E-state index contributed by atoms with van der Waals surface area (Å²) < 4.78 is 65.5. The number of fused-ring (bicyclic) bond motifs is 1. The molecule has 1 heterocycles. The maximum absolute atomic E-state index is 13.2. The number of aromatic nitrogens is 1. The Hall–Kier alpha value is -3.26. The van der Waals surface area contributed by atoms with E-state index < -0.39 is 21.8 Å². The molecule has 0 unspecified atom stereocenters. The summed E-state index contributed by atoms with van der Waals surface area (Å²) in [6.07, 6.45) is -1.66. The summed E-state index contributed by atoms with van der Waals surface area (Å²) in [4.78, 5) is 3.12. The number of anilines is 1. The lowest BCUT2D eigenvalue weighted by molar-refractivity contribution is -0.137. The number of alkyl halides is 3. The van der Waals surface area contributed by atoms with Crippen LogP contribution < -0.4 is 4.72 Å². The van der Waals surface area contributed by atoms with Crippen molar-refractivity contribution in [3.8, 4) is 22.3 Å². The molecule has 0 saturated carbocycles. The molecule has 0 aliphatic carbocycles. The fourth-order valence-electron chi connectivity index (χ4n) is 3.43. The van der Waals surface area contributed by atoms with Gasteiger partial charge in [0.05, 0.1) is 11.8 Å². The van der Waals surface area contributed by atoms with Gasteiger partial charge in [-0.15, -0.1) is 0 Å². The molecule has 0 bridgehead atoms. The maximum Gasteiger partial charge on any atom is 0.416 e. The number of aromatic amines is 1. The summed E-state index contributed by atoms with van der Waals surface area (Å²) in [6.45, 7) is 0. The highest BCUT2D eigenvalue weighted by Crippen LogP contribution is 2.36. The molecule has 0 saturated heterocycles. The average molecular weight is 430 g/mol. The summed E-state index contributed by atoms with van der Waals surface area (Å²) in [5.41, 5.74) is 2.72. The third-order valence-electron chi connectivity index (χ3n) is 4.67. The van der Waals surface area contributed by atoms with Crippen LogP contribution in [0.2, 0.25) is 0 Å². The Morgan fingerprint density at radius 1 is 0.867 bits per heavy atom. The van der Waals surface area contributed by atoms with E-state index in [0.717, 1.165) is 34.9 Å². The zero-order chi connectivity index (χ0) is 21.5.